The van der Waals surface area contributed by atoms with Gasteiger partial charge in [0.2, 0.25) is 5.88 Å². The van der Waals surface area contributed by atoms with Crippen LogP contribution in [0, 0.1) is 23.1 Å². The fourth-order valence-electron chi connectivity index (χ4n) is 3.30. The van der Waals surface area contributed by atoms with Gasteiger partial charge in [-0.25, -0.2) is 14.4 Å². The first-order valence-corrected chi connectivity index (χ1v) is 9.75. The smallest absolute Gasteiger partial charge is 0.236 e. The molecule has 0 radical (unpaired) electrons. The summed E-state index contributed by atoms with van der Waals surface area (Å²) >= 11 is 1.33. The zero-order valence-corrected chi connectivity index (χ0v) is 16.4. The van der Waals surface area contributed by atoms with Crippen molar-refractivity contribution in [2.45, 2.75) is 12.6 Å². The van der Waals surface area contributed by atoms with Crippen LogP contribution in [0.1, 0.15) is 12.5 Å². The number of nitrogens with zero attached hydrogens (tertiary/aromatic N) is 3. The van der Waals surface area contributed by atoms with Crippen LogP contribution >= 0.6 is 11.3 Å². The van der Waals surface area contributed by atoms with Gasteiger partial charge >= 0.3 is 0 Å². The molecule has 0 saturated carbocycles. The van der Waals surface area contributed by atoms with E-state index >= 15 is 0 Å². The molecule has 29 heavy (non-hydrogen) atoms. The molecule has 0 spiro atoms. The Hall–Kier alpha value is -3.06. The number of fused-ring (bicyclic) bond motifs is 1. The van der Waals surface area contributed by atoms with Gasteiger partial charge in [-0.15, -0.1) is 11.3 Å². The van der Waals surface area contributed by atoms with Crippen LogP contribution in [-0.2, 0) is 4.74 Å². The van der Waals surface area contributed by atoms with Gasteiger partial charge in [-0.2, -0.15) is 5.26 Å². The highest BCUT2D eigenvalue weighted by Crippen LogP contribution is 2.40. The SMILES string of the molecule is CC1COC/C(=C\N)C1(N)Oc1ncnc2c(-c3ccc(C#N)cc3F)csc12. The van der Waals surface area contributed by atoms with Crippen LogP contribution in [0.3, 0.4) is 0 Å². The molecular formula is C20H18FN5O2S. The Kier molecular flexibility index (Phi) is 4.92. The Bertz CT molecular complexity index is 1160. The fourth-order valence-corrected chi connectivity index (χ4v) is 4.24. The topological polar surface area (TPSA) is 120 Å². The van der Waals surface area contributed by atoms with Crippen molar-refractivity contribution in [1.29, 1.82) is 5.26 Å². The molecule has 0 amide bonds. The van der Waals surface area contributed by atoms with Crippen LogP contribution in [-0.4, -0.2) is 28.9 Å². The number of hydrogen-bond acceptors (Lipinski definition) is 8. The van der Waals surface area contributed by atoms with Crippen molar-refractivity contribution in [3.63, 3.8) is 0 Å². The lowest BCUT2D eigenvalue weighted by molar-refractivity contribution is -0.0415. The number of benzene rings is 1. The summed E-state index contributed by atoms with van der Waals surface area (Å²) in [4.78, 5) is 8.58. The molecule has 4 N–H and O–H groups in total. The Morgan fingerprint density at radius 2 is 2.24 bits per heavy atom. The molecule has 2 atom stereocenters. The normalized spacial score (nSPS) is 23.2. The highest BCUT2D eigenvalue weighted by Gasteiger charge is 2.42. The summed E-state index contributed by atoms with van der Waals surface area (Å²) in [6.45, 7) is 2.61. The highest BCUT2D eigenvalue weighted by molar-refractivity contribution is 7.18. The van der Waals surface area contributed by atoms with E-state index in [1.807, 2.05) is 13.0 Å². The van der Waals surface area contributed by atoms with E-state index in [1.165, 1.54) is 29.9 Å². The van der Waals surface area contributed by atoms with Crippen molar-refractivity contribution in [3.05, 3.63) is 53.1 Å². The van der Waals surface area contributed by atoms with Crippen molar-refractivity contribution in [2.75, 3.05) is 13.2 Å². The van der Waals surface area contributed by atoms with Gasteiger partial charge in [0, 0.05) is 34.2 Å². The summed E-state index contributed by atoms with van der Waals surface area (Å²) in [7, 11) is 0. The summed E-state index contributed by atoms with van der Waals surface area (Å²) < 4.78 is 26.8. The van der Waals surface area contributed by atoms with Crippen LogP contribution < -0.4 is 16.2 Å². The maximum absolute atomic E-state index is 14.5. The van der Waals surface area contributed by atoms with Crippen LogP contribution in [0.5, 0.6) is 5.88 Å². The van der Waals surface area contributed by atoms with E-state index in [0.717, 1.165) is 0 Å². The minimum Gasteiger partial charge on any atom is -0.450 e. The Balaban J connectivity index is 1.78. The second kappa shape index (κ2) is 7.40. The molecule has 3 aromatic rings. The van der Waals surface area contributed by atoms with E-state index in [9.17, 15) is 4.39 Å². The predicted octanol–water partition coefficient (Wildman–Crippen LogP) is 2.91. The minimum atomic E-state index is -1.17. The average molecular weight is 411 g/mol. The van der Waals surface area contributed by atoms with Crippen molar-refractivity contribution in [3.8, 4) is 23.1 Å². The first kappa shape index (κ1) is 19.3. The number of halogens is 1. The Labute approximate surface area is 170 Å². The molecule has 2 unspecified atom stereocenters. The zero-order chi connectivity index (χ0) is 20.6. The molecule has 9 heteroatoms. The van der Waals surface area contributed by atoms with Crippen molar-refractivity contribution < 1.29 is 13.9 Å². The van der Waals surface area contributed by atoms with Gasteiger partial charge in [0.1, 0.15) is 16.8 Å². The molecule has 148 valence electrons. The molecule has 3 heterocycles. The van der Waals surface area contributed by atoms with E-state index in [-0.39, 0.29) is 18.1 Å². The van der Waals surface area contributed by atoms with Gasteiger partial charge < -0.3 is 15.2 Å². The van der Waals surface area contributed by atoms with Gasteiger partial charge in [-0.3, -0.25) is 5.73 Å². The summed E-state index contributed by atoms with van der Waals surface area (Å²) in [5.41, 5.74) is 13.5. The maximum Gasteiger partial charge on any atom is 0.236 e. The second-order valence-corrected chi connectivity index (χ2v) is 7.70. The molecule has 4 rings (SSSR count). The van der Waals surface area contributed by atoms with Crippen molar-refractivity contribution in [2.24, 2.45) is 17.4 Å². The van der Waals surface area contributed by atoms with E-state index < -0.39 is 11.5 Å². The third kappa shape index (κ3) is 3.21. The van der Waals surface area contributed by atoms with Crippen molar-refractivity contribution >= 4 is 21.6 Å². The number of aromatic nitrogens is 2. The van der Waals surface area contributed by atoms with E-state index in [2.05, 4.69) is 9.97 Å². The number of nitriles is 1. The molecule has 7 nitrogen and oxygen atoms in total. The van der Waals surface area contributed by atoms with Crippen LogP contribution in [0.25, 0.3) is 21.3 Å². The number of rotatable bonds is 3. The predicted molar refractivity (Wildman–Crippen MR) is 107 cm³/mol. The van der Waals surface area contributed by atoms with E-state index in [4.69, 9.17) is 26.2 Å². The number of thiophene rings is 1. The Morgan fingerprint density at radius 1 is 1.41 bits per heavy atom. The lowest BCUT2D eigenvalue weighted by atomic mass is 9.89. The number of nitrogens with two attached hydrogens (primary N) is 2. The zero-order valence-electron chi connectivity index (χ0n) is 15.6. The van der Waals surface area contributed by atoms with Gasteiger partial charge in [0.25, 0.3) is 0 Å². The standard InChI is InChI=1S/C20H18FN5O2S/c1-11-7-27-8-13(6-23)20(11,24)28-19-18-17(25-10-26-19)15(9-29-18)14-3-2-12(5-22)4-16(14)21/h2-4,6,9-11H,7-8,23-24H2,1H3/b13-6+. The Morgan fingerprint density at radius 3 is 2.97 bits per heavy atom. The monoisotopic (exact) mass is 411 g/mol. The molecule has 1 aromatic carbocycles. The van der Waals surface area contributed by atoms with Gasteiger partial charge in [-0.1, -0.05) is 13.0 Å². The van der Waals surface area contributed by atoms with Crippen molar-refractivity contribution in [1.82, 2.24) is 9.97 Å². The molecule has 0 aliphatic carbocycles. The lowest BCUT2D eigenvalue weighted by Crippen LogP contribution is -2.58. The van der Waals surface area contributed by atoms with Gasteiger partial charge in [0.05, 0.1) is 30.4 Å². The molecule has 1 aliphatic heterocycles. The average Bonchev–Trinajstić information content (AvgIpc) is 3.15. The number of hydrogen-bond donors (Lipinski definition) is 2. The third-order valence-corrected chi connectivity index (χ3v) is 5.99. The first-order valence-electron chi connectivity index (χ1n) is 8.87. The molecular weight excluding hydrogens is 393 g/mol. The van der Waals surface area contributed by atoms with Crippen LogP contribution in [0.2, 0.25) is 0 Å². The summed E-state index contributed by atoms with van der Waals surface area (Å²) in [5, 5.41) is 10.7. The molecule has 0 bridgehead atoms. The van der Waals surface area contributed by atoms with Gasteiger partial charge in [0.15, 0.2) is 5.72 Å². The van der Waals surface area contributed by atoms with Gasteiger partial charge in [-0.05, 0) is 12.1 Å². The minimum absolute atomic E-state index is 0.161. The van der Waals surface area contributed by atoms with Crippen LogP contribution in [0.15, 0.2) is 41.7 Å². The third-order valence-electron chi connectivity index (χ3n) is 5.04. The molecule has 1 saturated heterocycles. The summed E-state index contributed by atoms with van der Waals surface area (Å²) in [5.74, 6) is -0.353. The first-order chi connectivity index (χ1) is 14.0. The molecule has 1 aliphatic rings. The molecule has 2 aromatic heterocycles. The quantitative estimate of drug-likeness (QED) is 0.636. The highest BCUT2D eigenvalue weighted by atomic mass is 32.1. The number of ether oxygens (including phenoxy) is 2. The molecule has 1 fully saturated rings. The van der Waals surface area contributed by atoms with E-state index in [0.29, 0.717) is 39.4 Å². The van der Waals surface area contributed by atoms with E-state index in [1.54, 1.807) is 17.5 Å². The summed E-state index contributed by atoms with van der Waals surface area (Å²) in [6, 6.07) is 6.26. The summed E-state index contributed by atoms with van der Waals surface area (Å²) in [6.07, 6.45) is 2.76. The second-order valence-electron chi connectivity index (χ2n) is 6.82. The largest absolute Gasteiger partial charge is 0.450 e. The maximum atomic E-state index is 14.5. The fraction of sp³-hybridized carbons (Fsp3) is 0.250. The van der Waals surface area contributed by atoms with Crippen LogP contribution in [0.4, 0.5) is 4.39 Å². The lowest BCUT2D eigenvalue weighted by Gasteiger charge is -2.40.